The van der Waals surface area contributed by atoms with Gasteiger partial charge >= 0.3 is 0 Å². The number of sulfonamides is 1. The molecule has 0 spiro atoms. The quantitative estimate of drug-likeness (QED) is 0.463. The average molecular weight is 528 g/mol. The highest BCUT2D eigenvalue weighted by Gasteiger charge is 2.33. The highest BCUT2D eigenvalue weighted by molar-refractivity contribution is 7.92. The lowest BCUT2D eigenvalue weighted by Gasteiger charge is -2.34. The predicted molar refractivity (Wildman–Crippen MR) is 149 cm³/mol. The number of benzene rings is 2. The Kier molecular flexibility index (Phi) is 10.1. The van der Waals surface area contributed by atoms with Gasteiger partial charge in [0.05, 0.1) is 11.9 Å². The molecule has 0 aliphatic heterocycles. The van der Waals surface area contributed by atoms with E-state index in [0.29, 0.717) is 18.5 Å². The summed E-state index contributed by atoms with van der Waals surface area (Å²) in [4.78, 5) is 28.9. The van der Waals surface area contributed by atoms with Crippen molar-refractivity contribution < 1.29 is 18.0 Å². The summed E-state index contributed by atoms with van der Waals surface area (Å²) in [5.74, 6) is -0.572. The van der Waals surface area contributed by atoms with E-state index in [1.165, 1.54) is 10.7 Å². The Morgan fingerprint density at radius 3 is 2.24 bits per heavy atom. The van der Waals surface area contributed by atoms with Crippen molar-refractivity contribution in [3.05, 3.63) is 65.2 Å². The van der Waals surface area contributed by atoms with Gasteiger partial charge in [-0.05, 0) is 49.8 Å². The molecule has 202 valence electrons. The molecule has 0 saturated heterocycles. The molecular weight excluding hydrogens is 486 g/mol. The minimum absolute atomic E-state index is 0.121. The zero-order valence-corrected chi connectivity index (χ0v) is 23.4. The van der Waals surface area contributed by atoms with Crippen LogP contribution >= 0.6 is 0 Å². The largest absolute Gasteiger partial charge is 0.352 e. The smallest absolute Gasteiger partial charge is 0.244 e. The molecule has 0 radical (unpaired) electrons. The summed E-state index contributed by atoms with van der Waals surface area (Å²) in [5, 5.41) is 3.17. The summed E-state index contributed by atoms with van der Waals surface area (Å²) < 4.78 is 26.9. The summed E-state index contributed by atoms with van der Waals surface area (Å²) in [6, 6.07) is 14.5. The summed E-state index contributed by atoms with van der Waals surface area (Å²) >= 11 is 0. The zero-order chi connectivity index (χ0) is 27.0. The van der Waals surface area contributed by atoms with E-state index in [1.807, 2.05) is 57.2 Å². The molecule has 2 aromatic rings. The molecule has 0 aromatic heterocycles. The monoisotopic (exact) mass is 527 g/mol. The number of hydrogen-bond acceptors (Lipinski definition) is 4. The van der Waals surface area contributed by atoms with E-state index >= 15 is 0 Å². The average Bonchev–Trinajstić information content (AvgIpc) is 2.88. The van der Waals surface area contributed by atoms with Gasteiger partial charge in [-0.25, -0.2) is 8.42 Å². The fourth-order valence-corrected chi connectivity index (χ4v) is 5.88. The van der Waals surface area contributed by atoms with Crippen molar-refractivity contribution >= 4 is 27.5 Å². The lowest BCUT2D eigenvalue weighted by Crippen LogP contribution is -2.54. The van der Waals surface area contributed by atoms with Crippen LogP contribution in [0.1, 0.15) is 69.1 Å². The molecule has 3 rings (SSSR count). The first-order valence-corrected chi connectivity index (χ1v) is 15.2. The summed E-state index contributed by atoms with van der Waals surface area (Å²) in [6.45, 7) is 5.70. The lowest BCUT2D eigenvalue weighted by atomic mass is 9.95. The normalized spacial score (nSPS) is 15.1. The van der Waals surface area contributed by atoms with Crippen LogP contribution in [0.5, 0.6) is 0 Å². The number of nitrogens with one attached hydrogen (secondary N) is 1. The Hall–Kier alpha value is -2.87. The van der Waals surface area contributed by atoms with Crippen molar-refractivity contribution in [2.45, 2.75) is 84.3 Å². The number of hydrogen-bond donors (Lipinski definition) is 1. The number of aryl methyl sites for hydroxylation is 2. The lowest BCUT2D eigenvalue weighted by molar-refractivity contribution is -0.140. The maximum Gasteiger partial charge on any atom is 0.244 e. The predicted octanol–water partition coefficient (Wildman–Crippen LogP) is 4.58. The van der Waals surface area contributed by atoms with Crippen LogP contribution in [0, 0.1) is 6.92 Å². The molecule has 1 fully saturated rings. The Bertz CT molecular complexity index is 1160. The zero-order valence-electron chi connectivity index (χ0n) is 22.6. The maximum absolute atomic E-state index is 13.9. The molecule has 0 bridgehead atoms. The number of anilines is 1. The Morgan fingerprint density at radius 1 is 1.00 bits per heavy atom. The Balaban J connectivity index is 1.93. The van der Waals surface area contributed by atoms with Crippen molar-refractivity contribution in [3.8, 4) is 0 Å². The van der Waals surface area contributed by atoms with E-state index in [2.05, 4.69) is 5.32 Å². The molecule has 0 heterocycles. The number of carbonyl (C=O) groups is 2. The van der Waals surface area contributed by atoms with Crippen molar-refractivity contribution in [2.75, 3.05) is 17.1 Å². The van der Waals surface area contributed by atoms with Crippen molar-refractivity contribution in [1.82, 2.24) is 10.2 Å². The SMILES string of the molecule is CCc1ccccc1N(CC(=O)N(Cc1ccc(C)cc1)[C@@H](CC)C(=O)NC1CCCCC1)S(C)(=O)=O. The topological polar surface area (TPSA) is 86.8 Å². The van der Waals surface area contributed by atoms with E-state index in [1.54, 1.807) is 17.0 Å². The molecule has 2 aromatic carbocycles. The van der Waals surface area contributed by atoms with Gasteiger partial charge in [0.2, 0.25) is 21.8 Å². The Morgan fingerprint density at radius 2 is 1.65 bits per heavy atom. The van der Waals surface area contributed by atoms with Gasteiger partial charge in [-0.2, -0.15) is 0 Å². The van der Waals surface area contributed by atoms with Gasteiger partial charge in [-0.15, -0.1) is 0 Å². The molecule has 37 heavy (non-hydrogen) atoms. The molecule has 1 atom stereocenters. The third kappa shape index (κ3) is 7.81. The van der Waals surface area contributed by atoms with Gasteiger partial charge in [0.1, 0.15) is 12.6 Å². The highest BCUT2D eigenvalue weighted by atomic mass is 32.2. The van der Waals surface area contributed by atoms with Crippen LogP contribution in [-0.2, 0) is 32.6 Å². The first-order valence-electron chi connectivity index (χ1n) is 13.3. The number of rotatable bonds is 11. The fourth-order valence-electron chi connectivity index (χ4n) is 5.00. The van der Waals surface area contributed by atoms with E-state index in [0.717, 1.165) is 48.6 Å². The standard InChI is InChI=1S/C29H41N3O4S/c1-5-24-12-10-11-15-27(24)32(37(4,35)36)21-28(33)31(20-23-18-16-22(3)17-19-23)26(6-2)29(34)30-25-13-8-7-9-14-25/h10-12,15-19,25-26H,5-9,13-14,20-21H2,1-4H3,(H,30,34)/t26-/m0/s1. The first kappa shape index (κ1) is 28.7. The van der Waals surface area contributed by atoms with E-state index in [-0.39, 0.29) is 25.0 Å². The van der Waals surface area contributed by atoms with Gasteiger partial charge in [-0.1, -0.05) is 81.1 Å². The number of para-hydroxylation sites is 1. The van der Waals surface area contributed by atoms with E-state index in [4.69, 9.17) is 0 Å². The fraction of sp³-hybridized carbons (Fsp3) is 0.517. The summed E-state index contributed by atoms with van der Waals surface area (Å²) in [6.07, 6.45) is 7.44. The van der Waals surface area contributed by atoms with Crippen LogP contribution in [0.25, 0.3) is 0 Å². The molecule has 0 unspecified atom stereocenters. The van der Waals surface area contributed by atoms with Crippen molar-refractivity contribution in [2.24, 2.45) is 0 Å². The van der Waals surface area contributed by atoms with Gasteiger partial charge in [0.25, 0.3) is 0 Å². The molecular formula is C29H41N3O4S. The van der Waals surface area contributed by atoms with Gasteiger partial charge in [0, 0.05) is 12.6 Å². The molecule has 1 aliphatic rings. The molecule has 1 aliphatic carbocycles. The van der Waals surface area contributed by atoms with Crippen LogP contribution in [0.15, 0.2) is 48.5 Å². The Labute approximate surface area is 222 Å². The van der Waals surface area contributed by atoms with Gasteiger partial charge < -0.3 is 10.2 Å². The van der Waals surface area contributed by atoms with Crippen LogP contribution in [0.3, 0.4) is 0 Å². The van der Waals surface area contributed by atoms with Crippen LogP contribution < -0.4 is 9.62 Å². The third-order valence-corrected chi connectivity index (χ3v) is 8.26. The summed E-state index contributed by atoms with van der Waals surface area (Å²) in [7, 11) is -3.75. The van der Waals surface area contributed by atoms with Crippen LogP contribution in [-0.4, -0.2) is 50.0 Å². The number of nitrogens with zero attached hydrogens (tertiary/aromatic N) is 2. The minimum Gasteiger partial charge on any atom is -0.352 e. The van der Waals surface area contributed by atoms with E-state index in [9.17, 15) is 18.0 Å². The highest BCUT2D eigenvalue weighted by Crippen LogP contribution is 2.25. The van der Waals surface area contributed by atoms with Crippen molar-refractivity contribution in [1.29, 1.82) is 0 Å². The van der Waals surface area contributed by atoms with E-state index < -0.39 is 22.0 Å². The number of carbonyl (C=O) groups excluding carboxylic acids is 2. The van der Waals surface area contributed by atoms with Crippen LogP contribution in [0.4, 0.5) is 5.69 Å². The maximum atomic E-state index is 13.9. The third-order valence-electron chi connectivity index (χ3n) is 7.13. The van der Waals surface area contributed by atoms with Crippen LogP contribution in [0.2, 0.25) is 0 Å². The molecule has 7 nitrogen and oxygen atoms in total. The van der Waals surface area contributed by atoms with Gasteiger partial charge in [0.15, 0.2) is 0 Å². The second-order valence-electron chi connectivity index (χ2n) is 10.0. The van der Waals surface area contributed by atoms with Gasteiger partial charge in [-0.3, -0.25) is 13.9 Å². The molecule has 1 N–H and O–H groups in total. The molecule has 2 amide bonds. The molecule has 1 saturated carbocycles. The second-order valence-corrected chi connectivity index (χ2v) is 11.9. The van der Waals surface area contributed by atoms with Crippen molar-refractivity contribution in [3.63, 3.8) is 0 Å². The first-order chi connectivity index (χ1) is 17.6. The number of amides is 2. The summed E-state index contributed by atoms with van der Waals surface area (Å²) in [5.41, 5.74) is 3.33. The second kappa shape index (κ2) is 13.1. The molecule has 8 heteroatoms. The minimum atomic E-state index is -3.75.